The maximum Gasteiger partial charge on any atom is 0.269 e. The van der Waals surface area contributed by atoms with Gasteiger partial charge in [-0.05, 0) is 24.8 Å². The fourth-order valence-electron chi connectivity index (χ4n) is 2.33. The zero-order chi connectivity index (χ0) is 14.5. The van der Waals surface area contributed by atoms with E-state index in [-0.39, 0.29) is 23.7 Å². The van der Waals surface area contributed by atoms with Crippen molar-refractivity contribution in [3.8, 4) is 0 Å². The molecular weight excluding hydrogens is 260 g/mol. The minimum absolute atomic E-state index is 0.0346. The second-order valence-corrected chi connectivity index (χ2v) is 4.82. The highest BCUT2D eigenvalue weighted by atomic mass is 16.6. The highest BCUT2D eigenvalue weighted by Crippen LogP contribution is 2.22. The Morgan fingerprint density at radius 1 is 1.60 bits per heavy atom. The molecule has 0 aliphatic carbocycles. The van der Waals surface area contributed by atoms with E-state index in [1.54, 1.807) is 12.1 Å². The maximum atomic E-state index is 12.0. The van der Waals surface area contributed by atoms with Gasteiger partial charge in [-0.2, -0.15) is 0 Å². The predicted molar refractivity (Wildman–Crippen MR) is 73.2 cm³/mol. The Balaban J connectivity index is 2.09. The quantitative estimate of drug-likeness (QED) is 0.662. The standard InChI is InChI=1S/C14H18N2O4/c1-2-12(15-14(17)13-7-4-8-20-13)10-5-3-6-11(9-10)16(18)19/h3,5-6,9,12-13H,2,4,7-8H2,1H3,(H,15,17)/t12-,13+/m1/s1. The Kier molecular flexibility index (Phi) is 4.68. The van der Waals surface area contributed by atoms with Gasteiger partial charge in [-0.25, -0.2) is 0 Å². The summed E-state index contributed by atoms with van der Waals surface area (Å²) in [5.41, 5.74) is 0.778. The van der Waals surface area contributed by atoms with Gasteiger partial charge in [-0.1, -0.05) is 19.1 Å². The van der Waals surface area contributed by atoms with Gasteiger partial charge in [0.25, 0.3) is 5.69 Å². The Bertz CT molecular complexity index is 498. The van der Waals surface area contributed by atoms with Crippen molar-refractivity contribution in [1.82, 2.24) is 5.32 Å². The molecule has 6 heteroatoms. The number of nitro groups is 1. The minimum Gasteiger partial charge on any atom is -0.368 e. The van der Waals surface area contributed by atoms with E-state index >= 15 is 0 Å². The molecule has 108 valence electrons. The molecule has 2 rings (SSSR count). The average Bonchev–Trinajstić information content (AvgIpc) is 2.99. The number of hydrogen-bond acceptors (Lipinski definition) is 4. The van der Waals surface area contributed by atoms with E-state index in [9.17, 15) is 14.9 Å². The largest absolute Gasteiger partial charge is 0.368 e. The van der Waals surface area contributed by atoms with E-state index in [1.165, 1.54) is 12.1 Å². The van der Waals surface area contributed by atoms with Crippen LogP contribution in [0.15, 0.2) is 24.3 Å². The summed E-state index contributed by atoms with van der Waals surface area (Å²) in [5, 5.41) is 13.7. The van der Waals surface area contributed by atoms with Crippen molar-refractivity contribution in [2.75, 3.05) is 6.61 Å². The second kappa shape index (κ2) is 6.47. The molecule has 1 aliphatic rings. The lowest BCUT2D eigenvalue weighted by molar-refractivity contribution is -0.384. The fraction of sp³-hybridized carbons (Fsp3) is 0.500. The van der Waals surface area contributed by atoms with Crippen LogP contribution < -0.4 is 5.32 Å². The number of nitrogens with zero attached hydrogens (tertiary/aromatic N) is 1. The van der Waals surface area contributed by atoms with Gasteiger partial charge in [0.05, 0.1) is 11.0 Å². The van der Waals surface area contributed by atoms with Crippen LogP contribution in [0.25, 0.3) is 0 Å². The highest BCUT2D eigenvalue weighted by Gasteiger charge is 2.25. The lowest BCUT2D eigenvalue weighted by Gasteiger charge is -2.19. The Hall–Kier alpha value is -1.95. The van der Waals surface area contributed by atoms with Gasteiger partial charge in [0.15, 0.2) is 0 Å². The number of carbonyl (C=O) groups excluding carboxylic acids is 1. The van der Waals surface area contributed by atoms with Gasteiger partial charge in [-0.3, -0.25) is 14.9 Å². The number of carbonyl (C=O) groups is 1. The lowest BCUT2D eigenvalue weighted by atomic mass is 10.0. The molecule has 6 nitrogen and oxygen atoms in total. The van der Waals surface area contributed by atoms with Crippen molar-refractivity contribution < 1.29 is 14.5 Å². The zero-order valence-electron chi connectivity index (χ0n) is 11.4. The summed E-state index contributed by atoms with van der Waals surface area (Å²) in [4.78, 5) is 22.4. The van der Waals surface area contributed by atoms with Gasteiger partial charge in [0, 0.05) is 18.7 Å². The van der Waals surface area contributed by atoms with Crippen molar-refractivity contribution >= 4 is 11.6 Å². The number of ether oxygens (including phenoxy) is 1. The van der Waals surface area contributed by atoms with Crippen LogP contribution in [0.1, 0.15) is 37.8 Å². The van der Waals surface area contributed by atoms with Crippen molar-refractivity contribution in [1.29, 1.82) is 0 Å². The van der Waals surface area contributed by atoms with Gasteiger partial charge in [-0.15, -0.1) is 0 Å². The number of non-ortho nitro benzene ring substituents is 1. The summed E-state index contributed by atoms with van der Waals surface area (Å²) in [7, 11) is 0. The third-order valence-corrected chi connectivity index (χ3v) is 3.43. The SMILES string of the molecule is CC[C@@H](NC(=O)[C@@H]1CCCO1)c1cccc([N+](=O)[O-])c1. The number of rotatable bonds is 5. The number of benzene rings is 1. The van der Waals surface area contributed by atoms with Crippen molar-refractivity contribution in [3.05, 3.63) is 39.9 Å². The average molecular weight is 278 g/mol. The number of nitrogens with one attached hydrogen (secondary N) is 1. The first-order chi connectivity index (χ1) is 9.61. The van der Waals surface area contributed by atoms with Crippen molar-refractivity contribution in [3.63, 3.8) is 0 Å². The summed E-state index contributed by atoms with van der Waals surface area (Å²) in [6.45, 7) is 2.55. The molecule has 1 aromatic rings. The summed E-state index contributed by atoms with van der Waals surface area (Å²) in [6, 6.07) is 6.14. The molecule has 2 atom stereocenters. The summed E-state index contributed by atoms with van der Waals surface area (Å²) in [5.74, 6) is -0.138. The molecule has 0 bridgehead atoms. The van der Waals surface area contributed by atoms with E-state index in [4.69, 9.17) is 4.74 Å². The zero-order valence-corrected chi connectivity index (χ0v) is 11.4. The molecule has 1 saturated heterocycles. The molecule has 1 aromatic carbocycles. The molecule has 0 spiro atoms. The maximum absolute atomic E-state index is 12.0. The Labute approximate surface area is 117 Å². The van der Waals surface area contributed by atoms with E-state index < -0.39 is 4.92 Å². The van der Waals surface area contributed by atoms with E-state index in [2.05, 4.69) is 5.32 Å². The molecule has 1 N–H and O–H groups in total. The second-order valence-electron chi connectivity index (χ2n) is 4.82. The van der Waals surface area contributed by atoms with Gasteiger partial charge < -0.3 is 10.1 Å². The van der Waals surface area contributed by atoms with Crippen LogP contribution in [0.4, 0.5) is 5.69 Å². The monoisotopic (exact) mass is 278 g/mol. The van der Waals surface area contributed by atoms with Crippen LogP contribution in [-0.4, -0.2) is 23.5 Å². The molecule has 0 aromatic heterocycles. The Morgan fingerprint density at radius 3 is 3.00 bits per heavy atom. The number of nitro benzene ring substituents is 1. The molecule has 0 unspecified atom stereocenters. The molecule has 0 radical (unpaired) electrons. The molecular formula is C14H18N2O4. The molecule has 1 aliphatic heterocycles. The molecule has 0 saturated carbocycles. The van der Waals surface area contributed by atoms with Gasteiger partial charge >= 0.3 is 0 Å². The van der Waals surface area contributed by atoms with E-state index in [1.807, 2.05) is 6.92 Å². The topological polar surface area (TPSA) is 81.5 Å². The Morgan fingerprint density at radius 2 is 2.40 bits per heavy atom. The summed E-state index contributed by atoms with van der Waals surface area (Å²) >= 11 is 0. The third-order valence-electron chi connectivity index (χ3n) is 3.43. The fourth-order valence-corrected chi connectivity index (χ4v) is 2.33. The number of hydrogen-bond donors (Lipinski definition) is 1. The van der Waals surface area contributed by atoms with Crippen LogP contribution in [0, 0.1) is 10.1 Å². The first-order valence-electron chi connectivity index (χ1n) is 6.78. The minimum atomic E-state index is -0.432. The summed E-state index contributed by atoms with van der Waals surface area (Å²) in [6.07, 6.45) is 1.91. The smallest absolute Gasteiger partial charge is 0.269 e. The predicted octanol–water partition coefficient (Wildman–Crippen LogP) is 2.34. The lowest BCUT2D eigenvalue weighted by Crippen LogP contribution is -2.36. The number of amides is 1. The van der Waals surface area contributed by atoms with E-state index in [0.29, 0.717) is 13.0 Å². The van der Waals surface area contributed by atoms with Crippen LogP contribution in [0.2, 0.25) is 0 Å². The third kappa shape index (κ3) is 3.33. The van der Waals surface area contributed by atoms with Crippen LogP contribution in [0.3, 0.4) is 0 Å². The van der Waals surface area contributed by atoms with Crippen LogP contribution >= 0.6 is 0 Å². The first kappa shape index (κ1) is 14.5. The van der Waals surface area contributed by atoms with Crippen LogP contribution in [-0.2, 0) is 9.53 Å². The molecule has 1 heterocycles. The van der Waals surface area contributed by atoms with Crippen molar-refractivity contribution in [2.45, 2.75) is 38.3 Å². The van der Waals surface area contributed by atoms with Gasteiger partial charge in [0.1, 0.15) is 6.10 Å². The van der Waals surface area contributed by atoms with Crippen molar-refractivity contribution in [2.24, 2.45) is 0 Å². The van der Waals surface area contributed by atoms with E-state index in [0.717, 1.165) is 18.4 Å². The summed E-state index contributed by atoms with van der Waals surface area (Å²) < 4.78 is 5.34. The molecule has 20 heavy (non-hydrogen) atoms. The highest BCUT2D eigenvalue weighted by molar-refractivity contribution is 5.81. The van der Waals surface area contributed by atoms with Gasteiger partial charge in [0.2, 0.25) is 5.91 Å². The normalized spacial score (nSPS) is 19.6. The molecule has 1 fully saturated rings. The van der Waals surface area contributed by atoms with Crippen LogP contribution in [0.5, 0.6) is 0 Å². The molecule has 1 amide bonds. The first-order valence-corrected chi connectivity index (χ1v) is 6.78.